The average molecular weight is 419 g/mol. The van der Waals surface area contributed by atoms with Gasteiger partial charge in [-0.05, 0) is 103 Å². The van der Waals surface area contributed by atoms with E-state index in [0.29, 0.717) is 66.1 Å². The van der Waals surface area contributed by atoms with Crippen molar-refractivity contribution in [3.05, 3.63) is 0 Å². The molecule has 0 radical (unpaired) electrons. The molecule has 6 fully saturated rings. The maximum absolute atomic E-state index is 12.1. The van der Waals surface area contributed by atoms with Crippen LogP contribution in [0, 0.1) is 64.1 Å². The van der Waals surface area contributed by atoms with Crippen LogP contribution in [0.4, 0.5) is 0 Å². The zero-order valence-corrected chi connectivity index (χ0v) is 19.2. The minimum Gasteiger partial charge on any atom is -0.396 e. The summed E-state index contributed by atoms with van der Waals surface area (Å²) in [6.45, 7) is 9.56. The lowest BCUT2D eigenvalue weighted by Gasteiger charge is -2.65. The van der Waals surface area contributed by atoms with Crippen molar-refractivity contribution in [1.82, 2.24) is 0 Å². The summed E-state index contributed by atoms with van der Waals surface area (Å²) in [6.07, 6.45) is 5.52. The van der Waals surface area contributed by atoms with Gasteiger partial charge in [0.1, 0.15) is 0 Å². The quantitative estimate of drug-likeness (QED) is 0.567. The Bertz CT molecular complexity index is 755. The van der Waals surface area contributed by atoms with Crippen molar-refractivity contribution in [3.8, 4) is 0 Å². The van der Waals surface area contributed by atoms with E-state index in [9.17, 15) is 20.4 Å². The van der Waals surface area contributed by atoms with E-state index in [4.69, 9.17) is 0 Å². The van der Waals surface area contributed by atoms with Crippen molar-refractivity contribution in [2.45, 2.75) is 89.9 Å². The van der Waals surface area contributed by atoms with Crippen molar-refractivity contribution in [2.75, 3.05) is 6.61 Å². The highest BCUT2D eigenvalue weighted by Crippen LogP contribution is 2.84. The molecule has 0 amide bonds. The Hall–Kier alpha value is -0.160. The first-order valence-corrected chi connectivity index (χ1v) is 12.8. The highest BCUT2D eigenvalue weighted by molar-refractivity contribution is 5.32. The molecule has 4 heteroatoms. The monoisotopic (exact) mass is 418 g/mol. The molecule has 14 atom stereocenters. The van der Waals surface area contributed by atoms with Crippen molar-refractivity contribution < 1.29 is 20.4 Å². The Morgan fingerprint density at radius 2 is 1.50 bits per heavy atom. The zero-order chi connectivity index (χ0) is 21.4. The van der Waals surface area contributed by atoms with Gasteiger partial charge in [-0.3, -0.25) is 0 Å². The van der Waals surface area contributed by atoms with Crippen LogP contribution in [-0.4, -0.2) is 44.3 Å². The van der Waals surface area contributed by atoms with Crippen LogP contribution in [0.1, 0.15) is 72.6 Å². The van der Waals surface area contributed by atoms with Gasteiger partial charge < -0.3 is 20.4 Å². The Morgan fingerprint density at radius 1 is 0.833 bits per heavy atom. The fourth-order valence-corrected chi connectivity index (χ4v) is 11.1. The normalized spacial score (nSPS) is 67.6. The molecule has 0 saturated heterocycles. The van der Waals surface area contributed by atoms with Crippen LogP contribution in [0.25, 0.3) is 0 Å². The van der Waals surface area contributed by atoms with Crippen LogP contribution in [0.2, 0.25) is 0 Å². The molecule has 0 aromatic carbocycles. The van der Waals surface area contributed by atoms with E-state index in [1.807, 2.05) is 0 Å². The molecular formula is C26H42O4. The number of aliphatic hydroxyl groups is 4. The lowest BCUT2D eigenvalue weighted by molar-refractivity contribution is -0.239. The van der Waals surface area contributed by atoms with Crippen molar-refractivity contribution in [3.63, 3.8) is 0 Å². The van der Waals surface area contributed by atoms with E-state index in [-0.39, 0.29) is 23.5 Å². The van der Waals surface area contributed by atoms with Gasteiger partial charge in [-0.1, -0.05) is 27.7 Å². The standard InChI is InChI=1S/C26H42O4/c1-13-17-19-16(23(3)9-6-15(28)12-26(23,30)20(13)17)7-10-24(4)22(19)18-14(2)21(18)25(24,29)8-5-11-27/h13-22,27-30H,5-12H2,1-4H3/t13?,14?,15-,16?,17?,18?,19?,20?,21?,22?,23+,24-,25-,26+/m0/s1. The predicted octanol–water partition coefficient (Wildman–Crippen LogP) is 3.21. The maximum atomic E-state index is 12.1. The van der Waals surface area contributed by atoms with Gasteiger partial charge in [-0.15, -0.1) is 0 Å². The molecule has 6 aliphatic carbocycles. The summed E-state index contributed by atoms with van der Waals surface area (Å²) in [5, 5.41) is 44.1. The number of hydrogen-bond donors (Lipinski definition) is 4. The number of aliphatic hydroxyl groups excluding tert-OH is 2. The van der Waals surface area contributed by atoms with Crippen LogP contribution in [-0.2, 0) is 0 Å². The van der Waals surface area contributed by atoms with Gasteiger partial charge in [-0.25, -0.2) is 0 Å². The highest BCUT2D eigenvalue weighted by Gasteiger charge is 2.83. The molecule has 0 aromatic rings. The molecule has 30 heavy (non-hydrogen) atoms. The maximum Gasteiger partial charge on any atom is 0.0761 e. The zero-order valence-electron chi connectivity index (χ0n) is 19.2. The summed E-state index contributed by atoms with van der Waals surface area (Å²) < 4.78 is 0. The summed E-state index contributed by atoms with van der Waals surface area (Å²) in [6, 6.07) is 0. The van der Waals surface area contributed by atoms with Gasteiger partial charge in [0.15, 0.2) is 0 Å². The van der Waals surface area contributed by atoms with E-state index in [2.05, 4.69) is 27.7 Å². The van der Waals surface area contributed by atoms with Crippen molar-refractivity contribution in [2.24, 2.45) is 64.1 Å². The smallest absolute Gasteiger partial charge is 0.0761 e. The third-order valence-corrected chi connectivity index (χ3v) is 12.5. The first-order chi connectivity index (χ1) is 14.1. The number of hydrogen-bond acceptors (Lipinski definition) is 4. The SMILES string of the molecule is CC1C2C3C4C5C(C)C5[C@@](O)(CCCO)[C@@]4(C)CCC3[C@@]3(C)CC[C@H](O)C[C@@]3(O)C12. The first kappa shape index (κ1) is 20.4. The molecule has 4 nitrogen and oxygen atoms in total. The number of fused-ring (bicyclic) bond motifs is 10. The van der Waals surface area contributed by atoms with Gasteiger partial charge in [0.05, 0.1) is 17.3 Å². The van der Waals surface area contributed by atoms with Gasteiger partial charge in [0, 0.05) is 13.0 Å². The van der Waals surface area contributed by atoms with Crippen LogP contribution in [0.15, 0.2) is 0 Å². The molecule has 0 heterocycles. The summed E-state index contributed by atoms with van der Waals surface area (Å²) in [5.41, 5.74) is -1.52. The lowest BCUT2D eigenvalue weighted by Crippen LogP contribution is -2.65. The van der Waals surface area contributed by atoms with Gasteiger partial charge in [0.25, 0.3) is 0 Å². The fraction of sp³-hybridized carbons (Fsp3) is 1.00. The highest BCUT2D eigenvalue weighted by atomic mass is 16.3. The minimum absolute atomic E-state index is 0.0575. The number of rotatable bonds is 3. The van der Waals surface area contributed by atoms with E-state index < -0.39 is 11.2 Å². The minimum atomic E-state index is -0.718. The summed E-state index contributed by atoms with van der Waals surface area (Å²) >= 11 is 0. The van der Waals surface area contributed by atoms with E-state index >= 15 is 0 Å². The predicted molar refractivity (Wildman–Crippen MR) is 114 cm³/mol. The Morgan fingerprint density at radius 3 is 2.20 bits per heavy atom. The largest absolute Gasteiger partial charge is 0.396 e. The fourth-order valence-electron chi connectivity index (χ4n) is 11.1. The Balaban J connectivity index is 1.42. The molecule has 6 rings (SSSR count). The molecule has 0 bridgehead atoms. The molecule has 170 valence electrons. The molecule has 6 saturated carbocycles. The van der Waals surface area contributed by atoms with Crippen LogP contribution < -0.4 is 0 Å². The second-order valence-electron chi connectivity index (χ2n) is 13.1. The second-order valence-corrected chi connectivity index (χ2v) is 13.1. The second kappa shape index (κ2) is 5.85. The summed E-state index contributed by atoms with van der Waals surface area (Å²) in [4.78, 5) is 0. The summed E-state index contributed by atoms with van der Waals surface area (Å²) in [5.74, 6) is 4.64. The van der Waals surface area contributed by atoms with Gasteiger partial charge >= 0.3 is 0 Å². The van der Waals surface area contributed by atoms with Crippen LogP contribution in [0.3, 0.4) is 0 Å². The molecule has 4 N–H and O–H groups in total. The Kier molecular flexibility index (Phi) is 3.98. The third-order valence-electron chi connectivity index (χ3n) is 12.5. The topological polar surface area (TPSA) is 80.9 Å². The molecular weight excluding hydrogens is 376 g/mol. The lowest BCUT2D eigenvalue weighted by atomic mass is 9.42. The van der Waals surface area contributed by atoms with Crippen LogP contribution in [0.5, 0.6) is 0 Å². The molecule has 0 spiro atoms. The van der Waals surface area contributed by atoms with Gasteiger partial charge in [-0.2, -0.15) is 0 Å². The van der Waals surface area contributed by atoms with Crippen molar-refractivity contribution >= 4 is 0 Å². The average Bonchev–Trinajstić information content (AvgIpc) is 3.54. The molecule has 9 unspecified atom stereocenters. The van der Waals surface area contributed by atoms with E-state index in [1.54, 1.807) is 0 Å². The summed E-state index contributed by atoms with van der Waals surface area (Å²) in [7, 11) is 0. The third kappa shape index (κ3) is 2.01. The first-order valence-electron chi connectivity index (χ1n) is 12.8. The van der Waals surface area contributed by atoms with Crippen molar-refractivity contribution in [1.29, 1.82) is 0 Å². The molecule has 0 aliphatic heterocycles. The van der Waals surface area contributed by atoms with E-state index in [1.165, 1.54) is 0 Å². The molecule has 0 aromatic heterocycles. The molecule has 6 aliphatic rings. The van der Waals surface area contributed by atoms with Crippen LogP contribution >= 0.6 is 0 Å². The van der Waals surface area contributed by atoms with E-state index in [0.717, 1.165) is 32.1 Å². The van der Waals surface area contributed by atoms with Gasteiger partial charge in [0.2, 0.25) is 0 Å². The Labute approximate surface area is 181 Å².